The average molecular weight is 314 g/mol. The molecule has 2 N–H and O–H groups in total. The van der Waals surface area contributed by atoms with Crippen LogP contribution in [0.3, 0.4) is 0 Å². The van der Waals surface area contributed by atoms with E-state index >= 15 is 0 Å². The van der Waals surface area contributed by atoms with Crippen LogP contribution in [0.1, 0.15) is 5.56 Å². The Balaban J connectivity index is 2.12. The van der Waals surface area contributed by atoms with Gasteiger partial charge in [0.25, 0.3) is 0 Å². The molecule has 0 atom stereocenters. The molecular weight excluding hydrogens is 304 g/mol. The van der Waals surface area contributed by atoms with Crippen LogP contribution in [0.5, 0.6) is 5.75 Å². The Hall–Kier alpha value is -1.26. The molecule has 1 heterocycles. The second-order valence-corrected chi connectivity index (χ2v) is 4.80. The van der Waals surface area contributed by atoms with Gasteiger partial charge >= 0.3 is 0 Å². The first-order valence-electron chi connectivity index (χ1n) is 4.97. The average Bonchev–Trinajstić information content (AvgIpc) is 2.32. The lowest BCUT2D eigenvalue weighted by Gasteiger charge is -2.09. The summed E-state index contributed by atoms with van der Waals surface area (Å²) in [6.45, 7) is 0.483. The van der Waals surface area contributed by atoms with Crippen LogP contribution in [-0.4, -0.2) is 10.1 Å². The predicted octanol–water partition coefficient (Wildman–Crippen LogP) is 3.82. The van der Waals surface area contributed by atoms with Crippen molar-refractivity contribution < 1.29 is 5.11 Å². The number of phenolic OH excluding ortho intramolecular Hbond substituents is 1. The molecule has 0 fully saturated rings. The monoisotopic (exact) mass is 312 g/mol. The summed E-state index contributed by atoms with van der Waals surface area (Å²) in [6.07, 6.45) is 3.28. The summed E-state index contributed by atoms with van der Waals surface area (Å²) >= 11 is 9.35. The van der Waals surface area contributed by atoms with Gasteiger partial charge in [-0.2, -0.15) is 0 Å². The lowest BCUT2D eigenvalue weighted by molar-refractivity contribution is 0.469. The molecule has 88 valence electrons. The minimum absolute atomic E-state index is 0.251. The van der Waals surface area contributed by atoms with Crippen molar-refractivity contribution in [1.82, 2.24) is 4.98 Å². The van der Waals surface area contributed by atoms with Crippen molar-refractivity contribution in [2.75, 3.05) is 5.32 Å². The van der Waals surface area contributed by atoms with Gasteiger partial charge in [0.2, 0.25) is 0 Å². The number of hydrogen-bond donors (Lipinski definition) is 2. The number of phenols is 1. The number of nitrogens with zero attached hydrogens (tertiary/aromatic N) is 1. The highest BCUT2D eigenvalue weighted by Gasteiger charge is 2.03. The van der Waals surface area contributed by atoms with Crippen molar-refractivity contribution in [3.8, 4) is 5.75 Å². The molecule has 1 aromatic heterocycles. The number of hydrogen-bond acceptors (Lipinski definition) is 3. The first-order valence-corrected chi connectivity index (χ1v) is 6.14. The third kappa shape index (κ3) is 3.11. The molecular formula is C12H10BrClN2O. The van der Waals surface area contributed by atoms with E-state index in [0.29, 0.717) is 11.6 Å². The molecule has 17 heavy (non-hydrogen) atoms. The molecule has 3 nitrogen and oxygen atoms in total. The third-order valence-corrected chi connectivity index (χ3v) is 3.10. The van der Waals surface area contributed by atoms with Crippen LogP contribution in [0.2, 0.25) is 5.02 Å². The highest BCUT2D eigenvalue weighted by Crippen LogP contribution is 2.24. The number of aromatic nitrogens is 1. The quantitative estimate of drug-likeness (QED) is 0.905. The summed E-state index contributed by atoms with van der Waals surface area (Å²) in [5.74, 6) is 0.251. The van der Waals surface area contributed by atoms with E-state index in [-0.39, 0.29) is 5.75 Å². The highest BCUT2D eigenvalue weighted by molar-refractivity contribution is 9.10. The van der Waals surface area contributed by atoms with Gasteiger partial charge in [0.1, 0.15) is 5.75 Å². The summed E-state index contributed by atoms with van der Waals surface area (Å²) in [7, 11) is 0. The summed E-state index contributed by atoms with van der Waals surface area (Å²) in [6, 6.07) is 7.00. The Morgan fingerprint density at radius 1 is 1.35 bits per heavy atom. The lowest BCUT2D eigenvalue weighted by Crippen LogP contribution is -2.00. The number of rotatable bonds is 3. The molecule has 0 saturated heterocycles. The summed E-state index contributed by atoms with van der Waals surface area (Å²) in [5.41, 5.74) is 1.54. The normalized spacial score (nSPS) is 10.2. The van der Waals surface area contributed by atoms with E-state index in [1.807, 2.05) is 6.07 Å². The number of pyridine rings is 1. The minimum Gasteiger partial charge on any atom is -0.508 e. The fourth-order valence-electron chi connectivity index (χ4n) is 1.39. The van der Waals surface area contributed by atoms with Gasteiger partial charge in [-0.1, -0.05) is 27.5 Å². The van der Waals surface area contributed by atoms with Crippen LogP contribution in [0, 0.1) is 0 Å². The number of aromatic hydroxyl groups is 1. The third-order valence-electron chi connectivity index (χ3n) is 2.28. The van der Waals surface area contributed by atoms with Crippen molar-refractivity contribution in [1.29, 1.82) is 0 Å². The standard InChI is InChI=1S/C12H10BrClN2O/c13-9-1-2-12(17)8(5-9)6-16-11-7-15-4-3-10(11)14/h1-5,7,16-17H,6H2. The topological polar surface area (TPSA) is 45.1 Å². The predicted molar refractivity (Wildman–Crippen MR) is 72.4 cm³/mol. The Labute approximate surface area is 113 Å². The zero-order chi connectivity index (χ0) is 12.3. The smallest absolute Gasteiger partial charge is 0.120 e. The van der Waals surface area contributed by atoms with Gasteiger partial charge in [-0.3, -0.25) is 4.98 Å². The second-order valence-electron chi connectivity index (χ2n) is 3.48. The maximum absolute atomic E-state index is 9.67. The number of nitrogens with one attached hydrogen (secondary N) is 1. The molecule has 0 amide bonds. The van der Waals surface area contributed by atoms with Gasteiger partial charge in [0, 0.05) is 22.8 Å². The molecule has 0 saturated carbocycles. The van der Waals surface area contributed by atoms with E-state index < -0.39 is 0 Å². The molecule has 0 spiro atoms. The van der Waals surface area contributed by atoms with E-state index in [1.54, 1.807) is 30.6 Å². The largest absolute Gasteiger partial charge is 0.508 e. The van der Waals surface area contributed by atoms with Gasteiger partial charge in [0.15, 0.2) is 0 Å². The van der Waals surface area contributed by atoms with Crippen LogP contribution in [-0.2, 0) is 6.54 Å². The fourth-order valence-corrected chi connectivity index (χ4v) is 1.97. The van der Waals surface area contributed by atoms with E-state index in [0.717, 1.165) is 15.7 Å². The number of halogens is 2. The molecule has 2 aromatic rings. The minimum atomic E-state index is 0.251. The molecule has 5 heteroatoms. The van der Waals surface area contributed by atoms with Crippen LogP contribution >= 0.6 is 27.5 Å². The highest BCUT2D eigenvalue weighted by atomic mass is 79.9. The van der Waals surface area contributed by atoms with Crippen LogP contribution in [0.25, 0.3) is 0 Å². The van der Waals surface area contributed by atoms with Crippen molar-refractivity contribution in [2.45, 2.75) is 6.54 Å². The van der Waals surface area contributed by atoms with Crippen LogP contribution in [0.15, 0.2) is 41.1 Å². The van der Waals surface area contributed by atoms with Crippen LogP contribution < -0.4 is 5.32 Å². The molecule has 0 aliphatic carbocycles. The number of anilines is 1. The zero-order valence-electron chi connectivity index (χ0n) is 8.82. The Bertz CT molecular complexity index is 534. The summed E-state index contributed by atoms with van der Waals surface area (Å²) in [4.78, 5) is 3.98. The van der Waals surface area contributed by atoms with Gasteiger partial charge in [-0.25, -0.2) is 0 Å². The SMILES string of the molecule is Oc1ccc(Br)cc1CNc1cnccc1Cl. The fraction of sp³-hybridized carbons (Fsp3) is 0.0833. The molecule has 2 rings (SSSR count). The molecule has 0 aliphatic heterocycles. The molecule has 0 radical (unpaired) electrons. The van der Waals surface area contributed by atoms with E-state index in [4.69, 9.17) is 11.6 Å². The maximum Gasteiger partial charge on any atom is 0.120 e. The van der Waals surface area contributed by atoms with Crippen molar-refractivity contribution >= 4 is 33.2 Å². The summed E-state index contributed by atoms with van der Waals surface area (Å²) in [5, 5.41) is 13.4. The second kappa shape index (κ2) is 5.38. The first-order chi connectivity index (χ1) is 8.16. The van der Waals surface area contributed by atoms with Gasteiger partial charge in [-0.15, -0.1) is 0 Å². The zero-order valence-corrected chi connectivity index (χ0v) is 11.2. The van der Waals surface area contributed by atoms with Gasteiger partial charge in [-0.05, 0) is 24.3 Å². The first kappa shape index (κ1) is 12.2. The Morgan fingerprint density at radius 3 is 2.94 bits per heavy atom. The molecule has 0 aliphatic rings. The number of benzene rings is 1. The van der Waals surface area contributed by atoms with Crippen molar-refractivity contribution in [2.24, 2.45) is 0 Å². The van der Waals surface area contributed by atoms with Crippen molar-refractivity contribution in [3.05, 3.63) is 51.7 Å². The molecule has 0 bridgehead atoms. The van der Waals surface area contributed by atoms with E-state index in [9.17, 15) is 5.11 Å². The Kier molecular flexibility index (Phi) is 3.86. The molecule has 0 unspecified atom stereocenters. The van der Waals surface area contributed by atoms with E-state index in [1.165, 1.54) is 0 Å². The maximum atomic E-state index is 9.67. The van der Waals surface area contributed by atoms with Crippen molar-refractivity contribution in [3.63, 3.8) is 0 Å². The lowest BCUT2D eigenvalue weighted by atomic mass is 10.2. The Morgan fingerprint density at radius 2 is 2.18 bits per heavy atom. The van der Waals surface area contributed by atoms with Gasteiger partial charge < -0.3 is 10.4 Å². The molecule has 1 aromatic carbocycles. The van der Waals surface area contributed by atoms with Gasteiger partial charge in [0.05, 0.1) is 16.9 Å². The van der Waals surface area contributed by atoms with Crippen LogP contribution in [0.4, 0.5) is 5.69 Å². The summed E-state index contributed by atoms with van der Waals surface area (Å²) < 4.78 is 0.921. The van der Waals surface area contributed by atoms with E-state index in [2.05, 4.69) is 26.2 Å².